The van der Waals surface area contributed by atoms with Gasteiger partial charge in [0.05, 0.1) is 13.2 Å². The van der Waals surface area contributed by atoms with Gasteiger partial charge in [0.2, 0.25) is 11.8 Å². The van der Waals surface area contributed by atoms with Gasteiger partial charge < -0.3 is 15.0 Å². The third-order valence-electron chi connectivity index (χ3n) is 5.98. The van der Waals surface area contributed by atoms with E-state index in [0.29, 0.717) is 6.54 Å². The molecule has 152 valence electrons. The molecule has 2 aliphatic rings. The summed E-state index contributed by atoms with van der Waals surface area (Å²) in [5.74, 6) is 0.905. The number of benzene rings is 2. The molecule has 2 atom stereocenters. The molecule has 1 heterocycles. The van der Waals surface area contributed by atoms with E-state index in [9.17, 15) is 9.59 Å². The second-order valence-electron chi connectivity index (χ2n) is 7.90. The van der Waals surface area contributed by atoms with Crippen LogP contribution in [0.3, 0.4) is 0 Å². The quantitative estimate of drug-likeness (QED) is 0.814. The summed E-state index contributed by atoms with van der Waals surface area (Å²) in [5, 5.41) is 3.20. The zero-order valence-corrected chi connectivity index (χ0v) is 17.1. The predicted molar refractivity (Wildman–Crippen MR) is 111 cm³/mol. The first-order valence-electron chi connectivity index (χ1n) is 10.4. The lowest BCUT2D eigenvalue weighted by molar-refractivity contribution is -0.142. The van der Waals surface area contributed by atoms with Crippen molar-refractivity contribution in [2.24, 2.45) is 5.92 Å². The Hall–Kier alpha value is -2.82. The number of fused-ring (bicyclic) bond motifs is 1. The summed E-state index contributed by atoms with van der Waals surface area (Å²) in [6.07, 6.45) is 3.45. The minimum absolute atomic E-state index is 0.0964. The molecule has 0 unspecified atom stereocenters. The molecular formula is C24H28N2O3. The number of nitrogens with one attached hydrogen (secondary N) is 1. The number of carbonyl (C=O) groups is 2. The molecule has 2 aromatic carbocycles. The lowest BCUT2D eigenvalue weighted by Gasteiger charge is -2.37. The van der Waals surface area contributed by atoms with Crippen LogP contribution in [-0.4, -0.2) is 30.4 Å². The van der Waals surface area contributed by atoms with E-state index in [2.05, 4.69) is 18.3 Å². The van der Waals surface area contributed by atoms with Gasteiger partial charge in [-0.3, -0.25) is 9.59 Å². The highest BCUT2D eigenvalue weighted by Crippen LogP contribution is 2.37. The van der Waals surface area contributed by atoms with E-state index < -0.39 is 6.04 Å². The van der Waals surface area contributed by atoms with Crippen LogP contribution in [0.5, 0.6) is 5.75 Å². The van der Waals surface area contributed by atoms with Crippen molar-refractivity contribution in [2.45, 2.75) is 44.7 Å². The molecule has 5 nitrogen and oxygen atoms in total. The summed E-state index contributed by atoms with van der Waals surface area (Å²) in [4.78, 5) is 28.2. The Morgan fingerprint density at radius 3 is 2.52 bits per heavy atom. The fraction of sp³-hybridized carbons (Fsp3) is 0.417. The van der Waals surface area contributed by atoms with Gasteiger partial charge in [-0.25, -0.2) is 0 Å². The van der Waals surface area contributed by atoms with Gasteiger partial charge in [0.1, 0.15) is 11.8 Å². The molecule has 1 aliphatic carbocycles. The molecule has 0 aromatic heterocycles. The number of nitrogens with zero attached hydrogens (tertiary/aromatic N) is 1. The lowest BCUT2D eigenvalue weighted by atomic mass is 9.91. The van der Waals surface area contributed by atoms with Crippen LogP contribution in [0.2, 0.25) is 0 Å². The molecule has 2 aromatic rings. The normalized spacial score (nSPS) is 19.2. The molecule has 0 saturated heterocycles. The lowest BCUT2D eigenvalue weighted by Crippen LogP contribution is -2.48. The molecule has 0 radical (unpaired) electrons. The van der Waals surface area contributed by atoms with Crippen LogP contribution in [0.15, 0.2) is 48.5 Å². The van der Waals surface area contributed by atoms with Crippen LogP contribution < -0.4 is 10.1 Å². The van der Waals surface area contributed by atoms with Gasteiger partial charge in [-0.05, 0) is 54.5 Å². The number of amides is 2. The number of hydrogen-bond donors (Lipinski definition) is 1. The van der Waals surface area contributed by atoms with Crippen molar-refractivity contribution < 1.29 is 14.3 Å². The Labute approximate surface area is 172 Å². The Balaban J connectivity index is 1.60. The van der Waals surface area contributed by atoms with E-state index in [-0.39, 0.29) is 23.8 Å². The van der Waals surface area contributed by atoms with Gasteiger partial charge >= 0.3 is 0 Å². The van der Waals surface area contributed by atoms with E-state index >= 15 is 0 Å². The Morgan fingerprint density at radius 1 is 1.14 bits per heavy atom. The molecule has 2 amide bonds. The van der Waals surface area contributed by atoms with Gasteiger partial charge in [0.25, 0.3) is 0 Å². The summed E-state index contributed by atoms with van der Waals surface area (Å²) < 4.78 is 5.24. The zero-order chi connectivity index (χ0) is 20.4. The first kappa shape index (κ1) is 19.5. The van der Waals surface area contributed by atoms with Crippen molar-refractivity contribution in [3.05, 3.63) is 65.2 Å². The standard InChI is InChI=1S/C24H28N2O3/c1-3-21(17-10-12-19(29-2)13-11-17)25-23(27)22-20-7-5-4-6-16(20)14-15-26(22)24(28)18-8-9-18/h4-7,10-13,18,21-22H,3,8-9,14-15H2,1-2H3,(H,25,27)/t21-,22-/m1/s1. The Morgan fingerprint density at radius 2 is 1.86 bits per heavy atom. The fourth-order valence-corrected chi connectivity index (χ4v) is 4.16. The summed E-state index contributed by atoms with van der Waals surface area (Å²) in [7, 11) is 1.64. The average molecular weight is 392 g/mol. The third-order valence-corrected chi connectivity index (χ3v) is 5.98. The molecule has 1 fully saturated rings. The van der Waals surface area contributed by atoms with Gasteiger partial charge in [0.15, 0.2) is 0 Å². The van der Waals surface area contributed by atoms with Crippen LogP contribution >= 0.6 is 0 Å². The van der Waals surface area contributed by atoms with E-state index in [0.717, 1.165) is 48.1 Å². The molecule has 1 aliphatic heterocycles. The number of ether oxygens (including phenoxy) is 1. The summed E-state index contributed by atoms with van der Waals surface area (Å²) >= 11 is 0. The van der Waals surface area contributed by atoms with Gasteiger partial charge in [0, 0.05) is 12.5 Å². The summed E-state index contributed by atoms with van der Waals surface area (Å²) in [6.45, 7) is 2.65. The highest BCUT2D eigenvalue weighted by Gasteiger charge is 2.41. The Bertz CT molecular complexity index is 889. The topological polar surface area (TPSA) is 58.6 Å². The molecule has 0 bridgehead atoms. The smallest absolute Gasteiger partial charge is 0.247 e. The van der Waals surface area contributed by atoms with E-state index in [1.165, 1.54) is 0 Å². The van der Waals surface area contributed by atoms with Gasteiger partial charge in [-0.1, -0.05) is 43.3 Å². The van der Waals surface area contributed by atoms with Crippen molar-refractivity contribution in [3.8, 4) is 5.75 Å². The molecule has 4 rings (SSSR count). The summed E-state index contributed by atoms with van der Waals surface area (Å²) in [5.41, 5.74) is 3.14. The molecule has 1 saturated carbocycles. The van der Waals surface area contributed by atoms with E-state index in [1.54, 1.807) is 12.0 Å². The van der Waals surface area contributed by atoms with Crippen molar-refractivity contribution in [3.63, 3.8) is 0 Å². The maximum atomic E-state index is 13.5. The molecule has 29 heavy (non-hydrogen) atoms. The monoisotopic (exact) mass is 392 g/mol. The highest BCUT2D eigenvalue weighted by molar-refractivity contribution is 5.91. The second kappa shape index (κ2) is 8.27. The van der Waals surface area contributed by atoms with Crippen LogP contribution in [0.1, 0.15) is 55.0 Å². The first-order chi connectivity index (χ1) is 14.1. The number of methoxy groups -OCH3 is 1. The maximum Gasteiger partial charge on any atom is 0.247 e. The fourth-order valence-electron chi connectivity index (χ4n) is 4.16. The van der Waals surface area contributed by atoms with Gasteiger partial charge in [-0.2, -0.15) is 0 Å². The van der Waals surface area contributed by atoms with Crippen molar-refractivity contribution >= 4 is 11.8 Å². The number of rotatable bonds is 6. The minimum Gasteiger partial charge on any atom is -0.497 e. The second-order valence-corrected chi connectivity index (χ2v) is 7.90. The third kappa shape index (κ3) is 4.00. The van der Waals surface area contributed by atoms with Crippen molar-refractivity contribution in [1.29, 1.82) is 0 Å². The van der Waals surface area contributed by atoms with Crippen LogP contribution in [0, 0.1) is 5.92 Å². The van der Waals surface area contributed by atoms with Gasteiger partial charge in [-0.15, -0.1) is 0 Å². The molecular weight excluding hydrogens is 364 g/mol. The van der Waals surface area contributed by atoms with Crippen molar-refractivity contribution in [2.75, 3.05) is 13.7 Å². The maximum absolute atomic E-state index is 13.5. The molecule has 5 heteroatoms. The van der Waals surface area contributed by atoms with Crippen molar-refractivity contribution in [1.82, 2.24) is 10.2 Å². The Kier molecular flexibility index (Phi) is 5.56. The first-order valence-corrected chi connectivity index (χ1v) is 10.4. The van der Waals surface area contributed by atoms with Crippen LogP contribution in [-0.2, 0) is 16.0 Å². The van der Waals surface area contributed by atoms with Crippen LogP contribution in [0.25, 0.3) is 0 Å². The summed E-state index contributed by atoms with van der Waals surface area (Å²) in [6, 6.07) is 15.1. The SMILES string of the molecule is CC[C@@H](NC(=O)[C@H]1c2ccccc2CCN1C(=O)C1CC1)c1ccc(OC)cc1. The number of hydrogen-bond acceptors (Lipinski definition) is 3. The number of carbonyl (C=O) groups excluding carboxylic acids is 2. The molecule has 0 spiro atoms. The predicted octanol–water partition coefficient (Wildman–Crippen LogP) is 3.80. The average Bonchev–Trinajstić information content (AvgIpc) is 3.61. The van der Waals surface area contributed by atoms with E-state index in [1.807, 2.05) is 42.5 Å². The van der Waals surface area contributed by atoms with E-state index in [4.69, 9.17) is 4.74 Å². The minimum atomic E-state index is -0.555. The molecule has 1 N–H and O–H groups in total. The highest BCUT2D eigenvalue weighted by atomic mass is 16.5. The van der Waals surface area contributed by atoms with Crippen LogP contribution in [0.4, 0.5) is 0 Å². The zero-order valence-electron chi connectivity index (χ0n) is 17.1. The largest absolute Gasteiger partial charge is 0.497 e.